The van der Waals surface area contributed by atoms with E-state index in [-0.39, 0.29) is 6.10 Å². The maximum atomic E-state index is 10.9. The van der Waals surface area contributed by atoms with Crippen molar-refractivity contribution in [3.8, 4) is 10.6 Å². The van der Waals surface area contributed by atoms with Crippen LogP contribution in [-0.4, -0.2) is 23.2 Å². The van der Waals surface area contributed by atoms with E-state index < -0.39 is 5.97 Å². The van der Waals surface area contributed by atoms with Crippen molar-refractivity contribution in [3.63, 3.8) is 0 Å². The molecule has 1 atom stereocenters. The number of thiazole rings is 1. The molecule has 0 fully saturated rings. The van der Waals surface area contributed by atoms with Crippen LogP contribution in [0.4, 0.5) is 0 Å². The Labute approximate surface area is 119 Å². The highest BCUT2D eigenvalue weighted by atomic mass is 32.1. The van der Waals surface area contributed by atoms with Crippen molar-refractivity contribution in [3.05, 3.63) is 27.4 Å². The van der Waals surface area contributed by atoms with Gasteiger partial charge in [0.25, 0.3) is 0 Å². The molecule has 0 aliphatic rings. The van der Waals surface area contributed by atoms with Crippen molar-refractivity contribution < 1.29 is 14.6 Å². The van der Waals surface area contributed by atoms with Crippen molar-refractivity contribution in [2.75, 3.05) is 7.11 Å². The summed E-state index contributed by atoms with van der Waals surface area (Å²) in [6.07, 6.45) is -0.0161. The van der Waals surface area contributed by atoms with Gasteiger partial charge in [-0.3, -0.25) is 0 Å². The summed E-state index contributed by atoms with van der Waals surface area (Å²) in [6, 6.07) is 1.66. The van der Waals surface area contributed by atoms with Gasteiger partial charge in [-0.25, -0.2) is 9.78 Å². The molecule has 0 spiro atoms. The topological polar surface area (TPSA) is 59.4 Å². The molecule has 19 heavy (non-hydrogen) atoms. The van der Waals surface area contributed by atoms with E-state index in [1.807, 2.05) is 5.38 Å². The normalized spacial score (nSPS) is 12.8. The molecule has 0 saturated carbocycles. The summed E-state index contributed by atoms with van der Waals surface area (Å²) in [6.45, 7) is 4.17. The molecule has 2 rings (SSSR count). The molecule has 2 aromatic heterocycles. The smallest absolute Gasteiger partial charge is 0.336 e. The first kappa shape index (κ1) is 14.2. The number of nitrogens with zero attached hydrogens (tertiary/aromatic N) is 1. The number of aromatic nitrogens is 1. The Balaban J connectivity index is 2.27. The van der Waals surface area contributed by atoms with Gasteiger partial charge in [0, 0.05) is 17.9 Å². The predicted molar refractivity (Wildman–Crippen MR) is 77.0 cm³/mol. The third-order valence-corrected chi connectivity index (χ3v) is 4.58. The second-order valence-corrected chi connectivity index (χ2v) is 6.28. The molecule has 2 heterocycles. The summed E-state index contributed by atoms with van der Waals surface area (Å²) in [5.74, 6) is -0.559. The number of aromatic carboxylic acids is 1. The van der Waals surface area contributed by atoms with Crippen LogP contribution < -0.4 is 0 Å². The highest BCUT2D eigenvalue weighted by molar-refractivity contribution is 7.14. The Bertz CT molecular complexity index is 574. The summed E-state index contributed by atoms with van der Waals surface area (Å²) in [4.78, 5) is 16.3. The minimum atomic E-state index is -0.907. The Morgan fingerprint density at radius 3 is 2.63 bits per heavy atom. The molecular formula is C13H15NO3S2. The van der Waals surface area contributed by atoms with Crippen molar-refractivity contribution in [2.24, 2.45) is 5.92 Å². The van der Waals surface area contributed by atoms with Gasteiger partial charge in [-0.05, 0) is 12.0 Å². The van der Waals surface area contributed by atoms with E-state index in [1.54, 1.807) is 29.9 Å². The van der Waals surface area contributed by atoms with Gasteiger partial charge < -0.3 is 9.84 Å². The zero-order valence-electron chi connectivity index (χ0n) is 10.9. The van der Waals surface area contributed by atoms with Crippen LogP contribution in [0.15, 0.2) is 16.8 Å². The molecule has 0 aliphatic carbocycles. The lowest BCUT2D eigenvalue weighted by molar-refractivity contribution is 0.0645. The van der Waals surface area contributed by atoms with Gasteiger partial charge in [0.15, 0.2) is 0 Å². The molecule has 6 heteroatoms. The van der Waals surface area contributed by atoms with Gasteiger partial charge in [0.05, 0.1) is 16.1 Å². The van der Waals surface area contributed by atoms with E-state index in [4.69, 9.17) is 9.84 Å². The third-order valence-electron chi connectivity index (χ3n) is 2.72. The molecule has 0 saturated heterocycles. The van der Waals surface area contributed by atoms with Crippen molar-refractivity contribution in [1.82, 2.24) is 4.98 Å². The first-order valence-corrected chi connectivity index (χ1v) is 7.59. The number of thiophene rings is 1. The van der Waals surface area contributed by atoms with Crippen molar-refractivity contribution in [2.45, 2.75) is 20.0 Å². The fraction of sp³-hybridized carbons (Fsp3) is 0.385. The second-order valence-electron chi connectivity index (χ2n) is 4.48. The van der Waals surface area contributed by atoms with E-state index in [2.05, 4.69) is 18.8 Å². The molecule has 1 N–H and O–H groups in total. The minimum Gasteiger partial charge on any atom is -0.478 e. The number of rotatable bonds is 5. The largest absolute Gasteiger partial charge is 0.478 e. The number of methoxy groups -OCH3 is 1. The van der Waals surface area contributed by atoms with Gasteiger partial charge in [-0.1, -0.05) is 13.8 Å². The van der Waals surface area contributed by atoms with Gasteiger partial charge >= 0.3 is 5.97 Å². The van der Waals surface area contributed by atoms with Crippen LogP contribution in [0.3, 0.4) is 0 Å². The van der Waals surface area contributed by atoms with E-state index in [0.29, 0.717) is 11.5 Å². The van der Waals surface area contributed by atoms with Crippen LogP contribution in [0.1, 0.15) is 35.3 Å². The maximum Gasteiger partial charge on any atom is 0.336 e. The fourth-order valence-corrected chi connectivity index (χ4v) is 3.76. The third kappa shape index (κ3) is 3.02. The molecule has 102 valence electrons. The lowest BCUT2D eigenvalue weighted by atomic mass is 10.1. The first-order valence-electron chi connectivity index (χ1n) is 5.83. The number of carboxylic acids is 1. The van der Waals surface area contributed by atoms with E-state index in [9.17, 15) is 4.79 Å². The molecule has 0 amide bonds. The average Bonchev–Trinajstić information content (AvgIpc) is 2.96. The number of hydrogen-bond acceptors (Lipinski definition) is 5. The number of carboxylic acid groups (broad SMARTS) is 1. The summed E-state index contributed by atoms with van der Waals surface area (Å²) >= 11 is 2.94. The molecule has 2 aromatic rings. The van der Waals surface area contributed by atoms with E-state index in [0.717, 1.165) is 15.6 Å². The molecule has 0 radical (unpaired) electrons. The zero-order chi connectivity index (χ0) is 14.0. The van der Waals surface area contributed by atoms with Gasteiger partial charge in [-0.15, -0.1) is 22.7 Å². The molecule has 4 nitrogen and oxygen atoms in total. The second kappa shape index (κ2) is 5.81. The predicted octanol–water partition coefficient (Wildman–Crippen LogP) is 3.91. The Morgan fingerprint density at radius 2 is 2.11 bits per heavy atom. The molecular weight excluding hydrogens is 282 g/mol. The van der Waals surface area contributed by atoms with Crippen LogP contribution in [0.2, 0.25) is 0 Å². The minimum absolute atomic E-state index is 0.0161. The summed E-state index contributed by atoms with van der Waals surface area (Å²) < 4.78 is 5.45. The summed E-state index contributed by atoms with van der Waals surface area (Å²) in [5, 5.41) is 13.4. The highest BCUT2D eigenvalue weighted by Gasteiger charge is 2.19. The van der Waals surface area contributed by atoms with Crippen LogP contribution in [0, 0.1) is 5.92 Å². The van der Waals surface area contributed by atoms with Crippen LogP contribution >= 0.6 is 22.7 Å². The lowest BCUT2D eigenvalue weighted by Gasteiger charge is -2.15. The number of ether oxygens (including phenoxy) is 1. The van der Waals surface area contributed by atoms with Gasteiger partial charge in [0.2, 0.25) is 0 Å². The lowest BCUT2D eigenvalue weighted by Crippen LogP contribution is -2.08. The zero-order valence-corrected chi connectivity index (χ0v) is 12.5. The number of carbonyl (C=O) groups is 1. The molecule has 0 aliphatic heterocycles. The monoisotopic (exact) mass is 297 g/mol. The average molecular weight is 297 g/mol. The number of hydrogen-bond donors (Lipinski definition) is 1. The van der Waals surface area contributed by atoms with E-state index >= 15 is 0 Å². The summed E-state index contributed by atoms with van der Waals surface area (Å²) in [7, 11) is 1.68. The fourth-order valence-electron chi connectivity index (χ4n) is 1.77. The first-order chi connectivity index (χ1) is 9.02. The Morgan fingerprint density at radius 1 is 1.37 bits per heavy atom. The standard InChI is InChI=1S/C13H15NO3S2/c1-7(2)11(17-3)12-14-9(6-19-12)10-4-8(5-18-10)13(15)16/h4-7,11H,1-3H3,(H,15,16). The SMILES string of the molecule is COC(c1nc(-c2cc(C(=O)O)cs2)cs1)C(C)C. The Hall–Kier alpha value is -1.24. The van der Waals surface area contributed by atoms with E-state index in [1.165, 1.54) is 11.3 Å². The van der Waals surface area contributed by atoms with Crippen LogP contribution in [-0.2, 0) is 4.74 Å². The maximum absolute atomic E-state index is 10.9. The van der Waals surface area contributed by atoms with Crippen LogP contribution in [0.25, 0.3) is 10.6 Å². The molecule has 0 aromatic carbocycles. The quantitative estimate of drug-likeness (QED) is 0.909. The van der Waals surface area contributed by atoms with Gasteiger partial charge in [-0.2, -0.15) is 0 Å². The summed E-state index contributed by atoms with van der Waals surface area (Å²) in [5.41, 5.74) is 1.13. The molecule has 1 unspecified atom stereocenters. The van der Waals surface area contributed by atoms with Gasteiger partial charge in [0.1, 0.15) is 11.1 Å². The van der Waals surface area contributed by atoms with Crippen LogP contribution in [0.5, 0.6) is 0 Å². The molecule has 0 bridgehead atoms. The highest BCUT2D eigenvalue weighted by Crippen LogP contribution is 2.33. The Kier molecular flexibility index (Phi) is 4.34. The van der Waals surface area contributed by atoms with Crippen molar-refractivity contribution >= 4 is 28.6 Å². The van der Waals surface area contributed by atoms with Crippen molar-refractivity contribution in [1.29, 1.82) is 0 Å².